The number of halogens is 1. The number of hydrogen-bond donors (Lipinski definition) is 0. The van der Waals surface area contributed by atoms with Gasteiger partial charge in [-0.15, -0.1) is 11.3 Å². The largest absolute Gasteiger partial charge is 0.192 e. The van der Waals surface area contributed by atoms with Gasteiger partial charge >= 0.3 is 0 Å². The predicted molar refractivity (Wildman–Crippen MR) is 56.2 cm³/mol. The van der Waals surface area contributed by atoms with E-state index in [1.165, 1.54) is 0 Å². The van der Waals surface area contributed by atoms with Crippen LogP contribution in [0.25, 0.3) is 6.08 Å². The van der Waals surface area contributed by atoms with E-state index in [1.54, 1.807) is 17.4 Å². The number of nitriles is 2. The Kier molecular flexibility index (Phi) is 3.27. The number of allylic oxidation sites excluding steroid dienone is 1. The van der Waals surface area contributed by atoms with Crippen LogP contribution in [0, 0.1) is 25.5 Å². The van der Waals surface area contributed by atoms with Crippen molar-refractivity contribution in [1.82, 2.24) is 0 Å². The van der Waals surface area contributed by atoms with Gasteiger partial charge in [-0.1, -0.05) is 0 Å². The molecule has 0 aliphatic carbocycles. The Morgan fingerprint density at radius 2 is 2.08 bits per heavy atom. The molecule has 0 bridgehead atoms. The second kappa shape index (κ2) is 4.24. The van der Waals surface area contributed by atoms with Crippen LogP contribution in [0.5, 0.6) is 0 Å². The van der Waals surface area contributed by atoms with Crippen LogP contribution in [0.3, 0.4) is 0 Å². The minimum atomic E-state index is 0.147. The first kappa shape index (κ1) is 9.24. The van der Waals surface area contributed by atoms with Crippen molar-refractivity contribution in [2.45, 2.75) is 0 Å². The molecule has 0 spiro atoms. The smallest absolute Gasteiger partial charge is 0.131 e. The molecule has 0 saturated heterocycles. The van der Waals surface area contributed by atoms with Crippen LogP contribution in [-0.2, 0) is 0 Å². The van der Waals surface area contributed by atoms with E-state index >= 15 is 0 Å². The van der Waals surface area contributed by atoms with E-state index in [0.29, 0.717) is 0 Å². The van der Waals surface area contributed by atoms with Gasteiger partial charge in [0.05, 0.1) is 2.88 Å². The normalized spacial score (nSPS) is 8.25. The molecule has 4 heteroatoms. The Hall–Kier alpha value is -0.850. The summed E-state index contributed by atoms with van der Waals surface area (Å²) in [5.41, 5.74) is 0.147. The minimum Gasteiger partial charge on any atom is -0.192 e. The van der Waals surface area contributed by atoms with E-state index in [0.717, 1.165) is 7.76 Å². The first-order valence-corrected chi connectivity index (χ1v) is 4.93. The van der Waals surface area contributed by atoms with E-state index < -0.39 is 0 Å². The molecule has 0 aliphatic heterocycles. The van der Waals surface area contributed by atoms with Crippen LogP contribution >= 0.6 is 33.9 Å². The average Bonchev–Trinajstić information content (AvgIpc) is 2.47. The molecular weight excluding hydrogens is 283 g/mol. The van der Waals surface area contributed by atoms with Gasteiger partial charge in [0, 0.05) is 4.88 Å². The van der Waals surface area contributed by atoms with Crippen LogP contribution in [0.2, 0.25) is 0 Å². The highest BCUT2D eigenvalue weighted by atomic mass is 127. The number of hydrogen-bond acceptors (Lipinski definition) is 3. The van der Waals surface area contributed by atoms with Crippen LogP contribution < -0.4 is 0 Å². The molecule has 0 radical (unpaired) electrons. The second-order valence-corrected chi connectivity index (χ2v) is 4.93. The molecule has 0 unspecified atom stereocenters. The third-order valence-electron chi connectivity index (χ3n) is 1.12. The van der Waals surface area contributed by atoms with Gasteiger partial charge in [-0.3, -0.25) is 0 Å². The van der Waals surface area contributed by atoms with Gasteiger partial charge in [-0.2, -0.15) is 10.5 Å². The molecular formula is C8H3IN2S. The topological polar surface area (TPSA) is 47.6 Å². The summed E-state index contributed by atoms with van der Waals surface area (Å²) in [6.07, 6.45) is 1.59. The highest BCUT2D eigenvalue weighted by molar-refractivity contribution is 14.1. The SMILES string of the molecule is N#CC(C#N)=Cc1ccc(I)s1. The highest BCUT2D eigenvalue weighted by Gasteiger charge is 1.96. The van der Waals surface area contributed by atoms with Crippen LogP contribution in [0.15, 0.2) is 17.7 Å². The summed E-state index contributed by atoms with van der Waals surface area (Å²) in [6, 6.07) is 7.47. The Morgan fingerprint density at radius 1 is 1.42 bits per heavy atom. The Balaban J connectivity index is 2.97. The Morgan fingerprint density at radius 3 is 2.50 bits per heavy atom. The lowest BCUT2D eigenvalue weighted by molar-refractivity contribution is 1.47. The minimum absolute atomic E-state index is 0.147. The summed E-state index contributed by atoms with van der Waals surface area (Å²) in [5.74, 6) is 0. The Labute approximate surface area is 87.9 Å². The molecule has 12 heavy (non-hydrogen) atoms. The summed E-state index contributed by atoms with van der Waals surface area (Å²) in [4.78, 5) is 0.942. The van der Waals surface area contributed by atoms with E-state index in [2.05, 4.69) is 22.6 Å². The van der Waals surface area contributed by atoms with Gasteiger partial charge < -0.3 is 0 Å². The van der Waals surface area contributed by atoms with E-state index in [1.807, 2.05) is 24.3 Å². The zero-order chi connectivity index (χ0) is 8.97. The van der Waals surface area contributed by atoms with Crippen molar-refractivity contribution in [3.8, 4) is 12.1 Å². The van der Waals surface area contributed by atoms with Crippen molar-refractivity contribution in [2.75, 3.05) is 0 Å². The molecule has 58 valence electrons. The van der Waals surface area contributed by atoms with Gasteiger partial charge in [0.15, 0.2) is 0 Å². The first-order chi connectivity index (χ1) is 5.76. The van der Waals surface area contributed by atoms with Crippen molar-refractivity contribution in [3.05, 3.63) is 25.5 Å². The van der Waals surface area contributed by atoms with Gasteiger partial charge in [0.1, 0.15) is 17.7 Å². The van der Waals surface area contributed by atoms with Crippen LogP contribution in [-0.4, -0.2) is 0 Å². The molecule has 0 fully saturated rings. The van der Waals surface area contributed by atoms with E-state index in [4.69, 9.17) is 10.5 Å². The molecule has 1 aromatic heterocycles. The summed E-state index contributed by atoms with van der Waals surface area (Å²) in [5, 5.41) is 16.9. The molecule has 2 nitrogen and oxygen atoms in total. The molecule has 1 heterocycles. The van der Waals surface area contributed by atoms with Crippen molar-refractivity contribution in [3.63, 3.8) is 0 Å². The summed E-state index contributed by atoms with van der Waals surface area (Å²) in [7, 11) is 0. The van der Waals surface area contributed by atoms with Gasteiger partial charge in [0.2, 0.25) is 0 Å². The molecule has 0 aromatic carbocycles. The molecule has 0 saturated carbocycles. The van der Waals surface area contributed by atoms with Gasteiger partial charge in [-0.25, -0.2) is 0 Å². The fourth-order valence-corrected chi connectivity index (χ4v) is 2.25. The second-order valence-electron chi connectivity index (χ2n) is 1.92. The molecule has 1 aromatic rings. The number of thiophene rings is 1. The van der Waals surface area contributed by atoms with Gasteiger partial charge in [-0.05, 0) is 40.8 Å². The van der Waals surface area contributed by atoms with Crippen molar-refractivity contribution in [1.29, 1.82) is 10.5 Å². The maximum absolute atomic E-state index is 8.46. The van der Waals surface area contributed by atoms with Crippen molar-refractivity contribution >= 4 is 40.0 Å². The molecule has 0 aliphatic rings. The predicted octanol–water partition coefficient (Wildman–Crippen LogP) is 2.78. The zero-order valence-electron chi connectivity index (χ0n) is 5.91. The zero-order valence-corrected chi connectivity index (χ0v) is 8.89. The number of rotatable bonds is 1. The average molecular weight is 286 g/mol. The quantitative estimate of drug-likeness (QED) is 0.588. The molecule has 0 N–H and O–H groups in total. The van der Waals surface area contributed by atoms with E-state index in [9.17, 15) is 0 Å². The Bertz CT molecular complexity index is 376. The molecule has 0 atom stereocenters. The lowest BCUT2D eigenvalue weighted by atomic mass is 10.3. The van der Waals surface area contributed by atoms with Crippen molar-refractivity contribution in [2.24, 2.45) is 0 Å². The van der Waals surface area contributed by atoms with Crippen LogP contribution in [0.4, 0.5) is 0 Å². The fraction of sp³-hybridized carbons (Fsp3) is 0. The summed E-state index contributed by atoms with van der Waals surface area (Å²) >= 11 is 3.75. The lowest BCUT2D eigenvalue weighted by Gasteiger charge is -1.80. The molecule has 0 amide bonds. The third kappa shape index (κ3) is 2.33. The lowest BCUT2D eigenvalue weighted by Crippen LogP contribution is -1.68. The maximum Gasteiger partial charge on any atom is 0.131 e. The summed E-state index contributed by atoms with van der Waals surface area (Å²) in [6.45, 7) is 0. The standard InChI is InChI=1S/C8H3IN2S/c9-8-2-1-7(12-8)3-6(4-10)5-11/h1-3H. The molecule has 1 rings (SSSR count). The highest BCUT2D eigenvalue weighted by Crippen LogP contribution is 2.20. The number of nitrogens with zero attached hydrogens (tertiary/aromatic N) is 2. The summed E-state index contributed by atoms with van der Waals surface area (Å²) < 4.78 is 1.15. The van der Waals surface area contributed by atoms with E-state index in [-0.39, 0.29) is 5.57 Å². The van der Waals surface area contributed by atoms with Gasteiger partial charge in [0.25, 0.3) is 0 Å². The van der Waals surface area contributed by atoms with Crippen molar-refractivity contribution < 1.29 is 0 Å². The first-order valence-electron chi connectivity index (χ1n) is 3.03. The maximum atomic E-state index is 8.46. The van der Waals surface area contributed by atoms with Crippen LogP contribution in [0.1, 0.15) is 4.88 Å². The monoisotopic (exact) mass is 286 g/mol. The fourth-order valence-electron chi connectivity index (χ4n) is 0.638. The third-order valence-corrected chi connectivity index (χ3v) is 2.96.